The van der Waals surface area contributed by atoms with E-state index in [9.17, 15) is 9.59 Å². The van der Waals surface area contributed by atoms with Crippen molar-refractivity contribution in [2.45, 2.75) is 6.42 Å². The van der Waals surface area contributed by atoms with Crippen molar-refractivity contribution in [1.29, 1.82) is 0 Å². The molecule has 0 amide bonds. The third-order valence-electron chi connectivity index (χ3n) is 2.90. The van der Waals surface area contributed by atoms with Crippen molar-refractivity contribution in [3.8, 4) is 0 Å². The lowest BCUT2D eigenvalue weighted by Crippen LogP contribution is -2.04. The van der Waals surface area contributed by atoms with Crippen molar-refractivity contribution in [3.05, 3.63) is 70.2 Å². The monoisotopic (exact) mass is 343 g/mol. The summed E-state index contributed by atoms with van der Waals surface area (Å²) in [6.45, 7) is 0.0671. The van der Waals surface area contributed by atoms with Gasteiger partial charge in [0, 0.05) is 28.2 Å². The standard InChI is InChI=1S/C17H14BrNO2/c18-15-8-6-14(7-9-15)16(20)10-11-19-12-17(21)13-4-2-1-3-5-13/h1-9,11H,10,12H2. The van der Waals surface area contributed by atoms with Crippen molar-refractivity contribution < 1.29 is 9.59 Å². The Bertz CT molecular complexity index is 648. The molecule has 0 radical (unpaired) electrons. The summed E-state index contributed by atoms with van der Waals surface area (Å²) in [5.41, 5.74) is 1.27. The number of nitrogens with zero attached hydrogens (tertiary/aromatic N) is 1. The summed E-state index contributed by atoms with van der Waals surface area (Å²) < 4.78 is 0.932. The van der Waals surface area contributed by atoms with Crippen LogP contribution in [0.1, 0.15) is 27.1 Å². The normalized spacial score (nSPS) is 10.7. The molecule has 2 rings (SSSR count). The van der Waals surface area contributed by atoms with Crippen LogP contribution in [0.25, 0.3) is 0 Å². The van der Waals surface area contributed by atoms with E-state index in [-0.39, 0.29) is 24.5 Å². The predicted octanol–water partition coefficient (Wildman–Crippen LogP) is 3.98. The molecule has 0 aliphatic rings. The average Bonchev–Trinajstić information content (AvgIpc) is 2.52. The van der Waals surface area contributed by atoms with Crippen molar-refractivity contribution in [3.63, 3.8) is 0 Å². The van der Waals surface area contributed by atoms with Gasteiger partial charge in [0.1, 0.15) is 6.54 Å². The van der Waals surface area contributed by atoms with Gasteiger partial charge in [-0.3, -0.25) is 14.6 Å². The lowest BCUT2D eigenvalue weighted by Gasteiger charge is -1.98. The zero-order chi connectivity index (χ0) is 15.1. The quantitative estimate of drug-likeness (QED) is 0.588. The molecule has 0 saturated carbocycles. The highest BCUT2D eigenvalue weighted by molar-refractivity contribution is 9.10. The Morgan fingerprint density at radius 2 is 1.52 bits per heavy atom. The number of ketones is 2. The lowest BCUT2D eigenvalue weighted by molar-refractivity contribution is 0.0990. The number of rotatable bonds is 6. The second-order valence-corrected chi connectivity index (χ2v) is 5.36. The van der Waals surface area contributed by atoms with Crippen LogP contribution < -0.4 is 0 Å². The van der Waals surface area contributed by atoms with E-state index in [4.69, 9.17) is 0 Å². The number of hydrogen-bond donors (Lipinski definition) is 0. The molecule has 0 saturated heterocycles. The molecule has 106 valence electrons. The fourth-order valence-corrected chi connectivity index (χ4v) is 2.03. The van der Waals surface area contributed by atoms with Crippen molar-refractivity contribution in [2.75, 3.05) is 6.54 Å². The fourth-order valence-electron chi connectivity index (χ4n) is 1.76. The Balaban J connectivity index is 1.84. The summed E-state index contributed by atoms with van der Waals surface area (Å²) in [4.78, 5) is 27.7. The van der Waals surface area contributed by atoms with Crippen LogP contribution in [0, 0.1) is 0 Å². The highest BCUT2D eigenvalue weighted by Crippen LogP contribution is 2.11. The molecule has 2 aromatic rings. The topological polar surface area (TPSA) is 46.5 Å². The number of aliphatic imine (C=N–C) groups is 1. The summed E-state index contributed by atoms with van der Waals surface area (Å²) in [5.74, 6) is -0.0682. The van der Waals surface area contributed by atoms with Gasteiger partial charge < -0.3 is 0 Å². The maximum absolute atomic E-state index is 11.9. The van der Waals surface area contributed by atoms with Crippen molar-refractivity contribution >= 4 is 33.7 Å². The average molecular weight is 344 g/mol. The Morgan fingerprint density at radius 1 is 0.905 bits per heavy atom. The fraction of sp³-hybridized carbons (Fsp3) is 0.118. The van der Waals surface area contributed by atoms with E-state index in [1.165, 1.54) is 6.21 Å². The van der Waals surface area contributed by atoms with Crippen molar-refractivity contribution in [2.24, 2.45) is 4.99 Å². The van der Waals surface area contributed by atoms with Crippen LogP contribution in [0.5, 0.6) is 0 Å². The minimum atomic E-state index is -0.0528. The molecule has 0 atom stereocenters. The molecule has 0 bridgehead atoms. The Labute approximate surface area is 131 Å². The van der Waals surface area contributed by atoms with E-state index in [0.29, 0.717) is 11.1 Å². The van der Waals surface area contributed by atoms with Crippen LogP contribution in [0.15, 0.2) is 64.1 Å². The SMILES string of the molecule is O=C(CC=NCC(=O)c1ccccc1)c1ccc(Br)cc1. The van der Waals surface area contributed by atoms with Gasteiger partial charge in [-0.25, -0.2) is 0 Å². The second-order valence-electron chi connectivity index (χ2n) is 4.45. The number of carbonyl (C=O) groups is 2. The van der Waals surface area contributed by atoms with Crippen molar-refractivity contribution in [1.82, 2.24) is 0 Å². The second kappa shape index (κ2) is 7.64. The first-order valence-electron chi connectivity index (χ1n) is 6.52. The number of carbonyl (C=O) groups excluding carboxylic acids is 2. The van der Waals surface area contributed by atoms with E-state index in [0.717, 1.165) is 4.47 Å². The number of hydrogen-bond acceptors (Lipinski definition) is 3. The van der Waals surface area contributed by atoms with Crippen LogP contribution in [0.2, 0.25) is 0 Å². The Hall–Kier alpha value is -2.07. The molecule has 0 heterocycles. The van der Waals surface area contributed by atoms with Gasteiger partial charge in [0.05, 0.1) is 0 Å². The zero-order valence-corrected chi connectivity index (χ0v) is 12.9. The van der Waals surface area contributed by atoms with Crippen LogP contribution in [0.3, 0.4) is 0 Å². The molecule has 0 aliphatic carbocycles. The highest BCUT2D eigenvalue weighted by Gasteiger charge is 2.05. The van der Waals surface area contributed by atoms with Gasteiger partial charge in [-0.2, -0.15) is 0 Å². The number of Topliss-reactive ketones (excluding diaryl/α,β-unsaturated/α-hetero) is 2. The summed E-state index contributed by atoms with van der Waals surface area (Å²) in [7, 11) is 0. The highest BCUT2D eigenvalue weighted by atomic mass is 79.9. The summed E-state index contributed by atoms with van der Waals surface area (Å²) in [5, 5.41) is 0. The van der Waals surface area contributed by atoms with Crippen LogP contribution in [-0.2, 0) is 0 Å². The minimum Gasteiger partial charge on any atom is -0.294 e. The van der Waals surface area contributed by atoms with E-state index < -0.39 is 0 Å². The summed E-state index contributed by atoms with van der Waals surface area (Å²) in [6, 6.07) is 16.2. The van der Waals surface area contributed by atoms with E-state index in [2.05, 4.69) is 20.9 Å². The first-order chi connectivity index (χ1) is 10.2. The first-order valence-corrected chi connectivity index (χ1v) is 7.31. The van der Waals surface area contributed by atoms with Crippen LogP contribution >= 0.6 is 15.9 Å². The maximum Gasteiger partial charge on any atom is 0.184 e. The molecule has 21 heavy (non-hydrogen) atoms. The molecule has 0 spiro atoms. The molecule has 0 aromatic heterocycles. The summed E-state index contributed by atoms with van der Waals surface area (Å²) in [6.07, 6.45) is 1.70. The Morgan fingerprint density at radius 3 is 2.19 bits per heavy atom. The zero-order valence-electron chi connectivity index (χ0n) is 11.3. The van der Waals surface area contributed by atoms with Gasteiger partial charge >= 0.3 is 0 Å². The molecule has 3 nitrogen and oxygen atoms in total. The smallest absolute Gasteiger partial charge is 0.184 e. The third kappa shape index (κ3) is 4.76. The predicted molar refractivity (Wildman–Crippen MR) is 87.2 cm³/mol. The summed E-state index contributed by atoms with van der Waals surface area (Å²) >= 11 is 3.32. The maximum atomic E-state index is 11.9. The molecular weight excluding hydrogens is 330 g/mol. The van der Waals surface area contributed by atoms with Gasteiger partial charge in [0.25, 0.3) is 0 Å². The lowest BCUT2D eigenvalue weighted by atomic mass is 10.1. The van der Waals surface area contributed by atoms with E-state index >= 15 is 0 Å². The Kier molecular flexibility index (Phi) is 5.58. The number of halogens is 1. The molecule has 0 fully saturated rings. The van der Waals surface area contributed by atoms with Crippen LogP contribution in [-0.4, -0.2) is 24.3 Å². The molecule has 2 aromatic carbocycles. The largest absolute Gasteiger partial charge is 0.294 e. The van der Waals surface area contributed by atoms with Gasteiger partial charge in [0.2, 0.25) is 0 Å². The first kappa shape index (κ1) is 15.3. The van der Waals surface area contributed by atoms with Gasteiger partial charge in [-0.15, -0.1) is 0 Å². The number of benzene rings is 2. The van der Waals surface area contributed by atoms with E-state index in [1.54, 1.807) is 24.3 Å². The van der Waals surface area contributed by atoms with Crippen LogP contribution in [0.4, 0.5) is 0 Å². The van der Waals surface area contributed by atoms with E-state index in [1.807, 2.05) is 30.3 Å². The molecule has 0 N–H and O–H groups in total. The van der Waals surface area contributed by atoms with Gasteiger partial charge in [-0.1, -0.05) is 58.4 Å². The molecule has 4 heteroatoms. The molecular formula is C17H14BrNO2. The molecule has 0 unspecified atom stereocenters. The van der Waals surface area contributed by atoms with Gasteiger partial charge in [0.15, 0.2) is 11.6 Å². The molecule has 0 aliphatic heterocycles. The third-order valence-corrected chi connectivity index (χ3v) is 3.43. The van der Waals surface area contributed by atoms with Gasteiger partial charge in [-0.05, 0) is 12.1 Å². The minimum absolute atomic E-state index is 0.0154.